The van der Waals surface area contributed by atoms with Crippen molar-refractivity contribution in [2.45, 2.75) is 13.0 Å². The Morgan fingerprint density at radius 3 is 2.68 bits per heavy atom. The molecule has 0 aliphatic rings. The smallest absolute Gasteiger partial charge is 0.258 e. The van der Waals surface area contributed by atoms with Crippen LogP contribution in [0.25, 0.3) is 21.7 Å². The normalized spacial score (nSPS) is 11.2. The Kier molecular flexibility index (Phi) is 6.04. The fraction of sp³-hybridized carbons (Fsp3) is 0.250. The number of ether oxygens (including phenoxy) is 2. The van der Waals surface area contributed by atoms with Crippen LogP contribution < -0.4 is 15.6 Å². The van der Waals surface area contributed by atoms with E-state index in [1.165, 1.54) is 4.57 Å². The topological polar surface area (TPSA) is 85.3 Å². The fourth-order valence-corrected chi connectivity index (χ4v) is 3.78. The highest BCUT2D eigenvalue weighted by atomic mass is 16.5. The number of H-pyrrole nitrogens is 1. The summed E-state index contributed by atoms with van der Waals surface area (Å²) in [6.07, 6.45) is 4.24. The lowest BCUT2D eigenvalue weighted by atomic mass is 10.1. The maximum absolute atomic E-state index is 13.0. The number of hydrogen-bond donors (Lipinski definition) is 2. The summed E-state index contributed by atoms with van der Waals surface area (Å²) in [7, 11) is 3.23. The number of fused-ring (bicyclic) bond motifs is 2. The van der Waals surface area contributed by atoms with Crippen LogP contribution in [0.2, 0.25) is 0 Å². The third-order valence-electron chi connectivity index (χ3n) is 5.43. The number of carbonyl (C=O) groups is 1. The number of hydrogen-bond acceptors (Lipinski definition) is 4. The molecule has 0 fully saturated rings. The molecule has 0 spiro atoms. The number of amides is 1. The Bertz CT molecular complexity index is 1290. The SMILES string of the molecule is COCCn1cc(C(=O)NCCc2c[nH]c3ccc(OC)cc23)c2ccccc2c1=O. The van der Waals surface area contributed by atoms with Crippen LogP contribution in [0.4, 0.5) is 0 Å². The van der Waals surface area contributed by atoms with E-state index in [0.29, 0.717) is 42.5 Å². The van der Waals surface area contributed by atoms with Gasteiger partial charge in [0.15, 0.2) is 0 Å². The largest absolute Gasteiger partial charge is 0.497 e. The molecule has 7 heteroatoms. The maximum atomic E-state index is 13.0. The minimum Gasteiger partial charge on any atom is -0.497 e. The van der Waals surface area contributed by atoms with Crippen LogP contribution in [0, 0.1) is 0 Å². The molecule has 31 heavy (non-hydrogen) atoms. The van der Waals surface area contributed by atoms with Gasteiger partial charge in [-0.15, -0.1) is 0 Å². The monoisotopic (exact) mass is 419 g/mol. The molecule has 0 saturated heterocycles. The molecule has 0 saturated carbocycles. The van der Waals surface area contributed by atoms with Gasteiger partial charge in [-0.25, -0.2) is 0 Å². The van der Waals surface area contributed by atoms with Crippen molar-refractivity contribution in [2.24, 2.45) is 0 Å². The quantitative estimate of drug-likeness (QED) is 0.460. The highest BCUT2D eigenvalue weighted by Gasteiger charge is 2.15. The predicted molar refractivity (Wildman–Crippen MR) is 121 cm³/mol. The van der Waals surface area contributed by atoms with Crippen LogP contribution in [0.15, 0.2) is 59.7 Å². The molecule has 0 radical (unpaired) electrons. The summed E-state index contributed by atoms with van der Waals surface area (Å²) in [5, 5.41) is 5.24. The number of nitrogens with zero attached hydrogens (tertiary/aromatic N) is 1. The van der Waals surface area contributed by atoms with E-state index in [2.05, 4.69) is 10.3 Å². The fourth-order valence-electron chi connectivity index (χ4n) is 3.78. The number of pyridine rings is 1. The maximum Gasteiger partial charge on any atom is 0.258 e. The first kappa shape index (κ1) is 20.7. The Hall–Kier alpha value is -3.58. The first-order valence-electron chi connectivity index (χ1n) is 10.2. The van der Waals surface area contributed by atoms with Crippen LogP contribution in [-0.2, 0) is 17.7 Å². The minimum absolute atomic E-state index is 0.128. The molecule has 4 aromatic rings. The molecule has 1 amide bonds. The third kappa shape index (κ3) is 4.18. The molecule has 0 bridgehead atoms. The average Bonchev–Trinajstić information content (AvgIpc) is 3.20. The van der Waals surface area contributed by atoms with Gasteiger partial charge in [0.2, 0.25) is 0 Å². The van der Waals surface area contributed by atoms with Gasteiger partial charge >= 0.3 is 0 Å². The summed E-state index contributed by atoms with van der Waals surface area (Å²) in [6.45, 7) is 1.25. The molecule has 2 heterocycles. The van der Waals surface area contributed by atoms with E-state index in [4.69, 9.17) is 9.47 Å². The van der Waals surface area contributed by atoms with Crippen molar-refractivity contribution in [3.05, 3.63) is 76.3 Å². The lowest BCUT2D eigenvalue weighted by Crippen LogP contribution is -2.29. The first-order valence-corrected chi connectivity index (χ1v) is 10.2. The van der Waals surface area contributed by atoms with Gasteiger partial charge in [0.1, 0.15) is 5.75 Å². The van der Waals surface area contributed by atoms with Crippen molar-refractivity contribution < 1.29 is 14.3 Å². The second-order valence-electron chi connectivity index (χ2n) is 7.31. The minimum atomic E-state index is -0.209. The van der Waals surface area contributed by atoms with E-state index in [-0.39, 0.29) is 11.5 Å². The van der Waals surface area contributed by atoms with Crippen molar-refractivity contribution in [3.63, 3.8) is 0 Å². The Labute approximate surface area is 179 Å². The van der Waals surface area contributed by atoms with Gasteiger partial charge in [0, 0.05) is 54.3 Å². The molecular formula is C24H25N3O4. The van der Waals surface area contributed by atoms with E-state index >= 15 is 0 Å². The van der Waals surface area contributed by atoms with Crippen LogP contribution >= 0.6 is 0 Å². The number of nitrogens with one attached hydrogen (secondary N) is 2. The number of methoxy groups -OCH3 is 2. The summed E-state index contributed by atoms with van der Waals surface area (Å²) in [4.78, 5) is 29.0. The van der Waals surface area contributed by atoms with Crippen molar-refractivity contribution in [2.75, 3.05) is 27.4 Å². The number of benzene rings is 2. The molecule has 2 N–H and O–H groups in total. The zero-order chi connectivity index (χ0) is 21.8. The number of rotatable bonds is 8. The Balaban J connectivity index is 1.55. The van der Waals surface area contributed by atoms with E-state index in [1.807, 2.05) is 30.5 Å². The Morgan fingerprint density at radius 2 is 1.90 bits per heavy atom. The highest BCUT2D eigenvalue weighted by molar-refractivity contribution is 6.06. The molecule has 4 rings (SSSR count). The zero-order valence-electron chi connectivity index (χ0n) is 17.6. The average molecular weight is 419 g/mol. The van der Waals surface area contributed by atoms with Gasteiger partial charge in [-0.3, -0.25) is 9.59 Å². The molecule has 7 nitrogen and oxygen atoms in total. The summed E-state index contributed by atoms with van der Waals surface area (Å²) < 4.78 is 11.9. The summed E-state index contributed by atoms with van der Waals surface area (Å²) in [5.74, 6) is 0.585. The number of carbonyl (C=O) groups excluding carboxylic acids is 1. The summed E-state index contributed by atoms with van der Waals surface area (Å²) in [6, 6.07) is 13.1. The molecule has 2 aromatic heterocycles. The second-order valence-corrected chi connectivity index (χ2v) is 7.31. The molecule has 0 unspecified atom stereocenters. The van der Waals surface area contributed by atoms with E-state index < -0.39 is 0 Å². The standard InChI is InChI=1S/C24H25N3O4/c1-30-12-11-27-15-21(18-5-3-4-6-19(18)24(27)29)23(28)25-10-9-16-14-26-22-8-7-17(31-2)13-20(16)22/h3-8,13-15,26H,9-12H2,1-2H3,(H,25,28). The van der Waals surface area contributed by atoms with Crippen molar-refractivity contribution in [1.82, 2.24) is 14.9 Å². The van der Waals surface area contributed by atoms with E-state index in [1.54, 1.807) is 38.6 Å². The molecule has 0 aliphatic heterocycles. The van der Waals surface area contributed by atoms with Gasteiger partial charge in [0.05, 0.1) is 19.3 Å². The molecule has 0 atom stereocenters. The third-order valence-corrected chi connectivity index (χ3v) is 5.43. The van der Waals surface area contributed by atoms with E-state index in [0.717, 1.165) is 22.2 Å². The highest BCUT2D eigenvalue weighted by Crippen LogP contribution is 2.24. The van der Waals surface area contributed by atoms with Gasteiger partial charge in [-0.2, -0.15) is 0 Å². The van der Waals surface area contributed by atoms with Crippen molar-refractivity contribution in [3.8, 4) is 5.75 Å². The van der Waals surface area contributed by atoms with Crippen LogP contribution in [0.1, 0.15) is 15.9 Å². The zero-order valence-corrected chi connectivity index (χ0v) is 17.6. The van der Waals surface area contributed by atoms with Gasteiger partial charge in [0.25, 0.3) is 11.5 Å². The Morgan fingerprint density at radius 1 is 1.10 bits per heavy atom. The van der Waals surface area contributed by atoms with Crippen LogP contribution in [-0.4, -0.2) is 42.8 Å². The number of aromatic nitrogens is 2. The van der Waals surface area contributed by atoms with Gasteiger partial charge in [-0.1, -0.05) is 18.2 Å². The second kappa shape index (κ2) is 9.06. The predicted octanol–water partition coefficient (Wildman–Crippen LogP) is 3.11. The first-order chi connectivity index (χ1) is 15.1. The van der Waals surface area contributed by atoms with Crippen LogP contribution in [0.3, 0.4) is 0 Å². The lowest BCUT2D eigenvalue weighted by molar-refractivity contribution is 0.0954. The van der Waals surface area contributed by atoms with Crippen LogP contribution in [0.5, 0.6) is 5.75 Å². The summed E-state index contributed by atoms with van der Waals surface area (Å²) >= 11 is 0. The van der Waals surface area contributed by atoms with Crippen molar-refractivity contribution in [1.29, 1.82) is 0 Å². The number of aromatic amines is 1. The van der Waals surface area contributed by atoms with Gasteiger partial charge < -0.3 is 24.3 Å². The molecular weight excluding hydrogens is 394 g/mol. The molecule has 2 aromatic carbocycles. The van der Waals surface area contributed by atoms with E-state index in [9.17, 15) is 9.59 Å². The molecule has 0 aliphatic carbocycles. The van der Waals surface area contributed by atoms with Crippen molar-refractivity contribution >= 4 is 27.6 Å². The summed E-state index contributed by atoms with van der Waals surface area (Å²) in [5.41, 5.74) is 2.48. The lowest BCUT2D eigenvalue weighted by Gasteiger charge is -2.12. The molecule has 160 valence electrons. The van der Waals surface area contributed by atoms with Gasteiger partial charge in [-0.05, 0) is 36.2 Å².